The Morgan fingerprint density at radius 1 is 1.15 bits per heavy atom. The largest absolute Gasteiger partial charge is 0.497 e. The zero-order valence-corrected chi connectivity index (χ0v) is 15.5. The van der Waals surface area contributed by atoms with Crippen molar-refractivity contribution in [1.82, 2.24) is 0 Å². The molecule has 0 aliphatic heterocycles. The summed E-state index contributed by atoms with van der Waals surface area (Å²) in [4.78, 5) is 15.8. The molecule has 1 aromatic heterocycles. The summed E-state index contributed by atoms with van der Waals surface area (Å²) in [5.74, 6) is 0.835. The van der Waals surface area contributed by atoms with E-state index in [0.29, 0.717) is 13.0 Å². The van der Waals surface area contributed by atoms with Crippen molar-refractivity contribution in [1.29, 1.82) is 0 Å². The Morgan fingerprint density at radius 3 is 2.54 bits per heavy atom. The van der Waals surface area contributed by atoms with Gasteiger partial charge in [-0.1, -0.05) is 48.5 Å². The van der Waals surface area contributed by atoms with Crippen molar-refractivity contribution in [2.24, 2.45) is 0 Å². The fraction of sp³-hybridized carbons (Fsp3) is 0.136. The maximum absolute atomic E-state index is 12.9. The molecule has 0 spiro atoms. The summed E-state index contributed by atoms with van der Waals surface area (Å²) in [6, 6.07) is 19.8. The molecular weight excluding hydrogens is 342 g/mol. The van der Waals surface area contributed by atoms with Crippen molar-refractivity contribution in [2.45, 2.75) is 6.42 Å². The van der Waals surface area contributed by atoms with E-state index < -0.39 is 0 Å². The van der Waals surface area contributed by atoms with E-state index in [1.165, 1.54) is 0 Å². The highest BCUT2D eigenvalue weighted by Crippen LogP contribution is 2.32. The van der Waals surface area contributed by atoms with Gasteiger partial charge in [0.15, 0.2) is 0 Å². The van der Waals surface area contributed by atoms with Crippen LogP contribution in [-0.2, 0) is 11.2 Å². The molecule has 0 aliphatic carbocycles. The predicted octanol–water partition coefficient (Wildman–Crippen LogP) is 5.19. The van der Waals surface area contributed by atoms with Crippen molar-refractivity contribution in [3.8, 4) is 16.2 Å². The number of carbonyl (C=O) groups excluding carboxylic acids is 1. The number of benzene rings is 2. The first-order valence-corrected chi connectivity index (χ1v) is 9.27. The van der Waals surface area contributed by atoms with Crippen LogP contribution in [0.5, 0.6) is 5.75 Å². The highest BCUT2D eigenvalue weighted by molar-refractivity contribution is 7.14. The molecular formula is C22H21NO2S. The first kappa shape index (κ1) is 18.0. The zero-order valence-electron chi connectivity index (χ0n) is 14.7. The van der Waals surface area contributed by atoms with E-state index >= 15 is 0 Å². The summed E-state index contributed by atoms with van der Waals surface area (Å²) in [6.07, 6.45) is 2.10. The van der Waals surface area contributed by atoms with Crippen LogP contribution < -0.4 is 9.64 Å². The Balaban J connectivity index is 1.78. The van der Waals surface area contributed by atoms with E-state index in [-0.39, 0.29) is 5.91 Å². The number of methoxy groups -OCH3 is 1. The van der Waals surface area contributed by atoms with Crippen LogP contribution in [0.2, 0.25) is 0 Å². The minimum absolute atomic E-state index is 0.0486. The number of nitrogens with zero attached hydrogens (tertiary/aromatic N) is 1. The quantitative estimate of drug-likeness (QED) is 0.541. The second kappa shape index (κ2) is 8.50. The van der Waals surface area contributed by atoms with Crippen molar-refractivity contribution in [3.63, 3.8) is 0 Å². The Kier molecular flexibility index (Phi) is 5.87. The van der Waals surface area contributed by atoms with E-state index in [9.17, 15) is 4.79 Å². The lowest BCUT2D eigenvalue weighted by Gasteiger charge is -2.20. The molecule has 0 saturated carbocycles. The summed E-state index contributed by atoms with van der Waals surface area (Å²) >= 11 is 1.64. The third kappa shape index (κ3) is 4.21. The van der Waals surface area contributed by atoms with E-state index in [1.54, 1.807) is 29.4 Å². The molecule has 0 radical (unpaired) electrons. The Labute approximate surface area is 158 Å². The highest BCUT2D eigenvalue weighted by atomic mass is 32.1. The number of anilines is 1. The molecule has 132 valence electrons. The minimum Gasteiger partial charge on any atom is -0.497 e. The van der Waals surface area contributed by atoms with Crippen LogP contribution >= 0.6 is 11.3 Å². The van der Waals surface area contributed by atoms with Gasteiger partial charge in [0.1, 0.15) is 5.75 Å². The minimum atomic E-state index is 0.0486. The lowest BCUT2D eigenvalue weighted by molar-refractivity contribution is -0.117. The first-order chi connectivity index (χ1) is 12.7. The normalized spacial score (nSPS) is 10.3. The lowest BCUT2D eigenvalue weighted by Crippen LogP contribution is -2.32. The third-order valence-corrected chi connectivity index (χ3v) is 5.05. The van der Waals surface area contributed by atoms with E-state index in [0.717, 1.165) is 27.4 Å². The second-order valence-corrected chi connectivity index (χ2v) is 6.76. The van der Waals surface area contributed by atoms with Gasteiger partial charge in [-0.15, -0.1) is 17.9 Å². The molecule has 0 atom stereocenters. The molecule has 2 aromatic carbocycles. The van der Waals surface area contributed by atoms with Gasteiger partial charge in [0.25, 0.3) is 0 Å². The number of rotatable bonds is 7. The van der Waals surface area contributed by atoms with Gasteiger partial charge in [-0.25, -0.2) is 0 Å². The number of thiophene rings is 1. The van der Waals surface area contributed by atoms with Crippen molar-refractivity contribution < 1.29 is 9.53 Å². The van der Waals surface area contributed by atoms with E-state index in [1.807, 2.05) is 47.8 Å². The molecule has 1 amide bonds. The fourth-order valence-corrected chi connectivity index (χ4v) is 3.62. The van der Waals surface area contributed by atoms with Crippen LogP contribution in [0, 0.1) is 0 Å². The van der Waals surface area contributed by atoms with Gasteiger partial charge in [-0.05, 0) is 29.3 Å². The summed E-state index contributed by atoms with van der Waals surface area (Å²) in [5.41, 5.74) is 3.03. The van der Waals surface area contributed by atoms with Crippen molar-refractivity contribution >= 4 is 22.9 Å². The van der Waals surface area contributed by atoms with Crippen LogP contribution in [0.3, 0.4) is 0 Å². The Hall–Kier alpha value is -2.85. The van der Waals surface area contributed by atoms with Gasteiger partial charge in [0.2, 0.25) is 5.91 Å². The average molecular weight is 363 g/mol. The van der Waals surface area contributed by atoms with Crippen LogP contribution in [0.25, 0.3) is 10.4 Å². The summed E-state index contributed by atoms with van der Waals surface area (Å²) in [6.45, 7) is 4.28. The molecule has 26 heavy (non-hydrogen) atoms. The number of carbonyl (C=O) groups is 1. The predicted molar refractivity (Wildman–Crippen MR) is 109 cm³/mol. The average Bonchev–Trinajstić information content (AvgIpc) is 3.17. The first-order valence-electron chi connectivity index (χ1n) is 8.39. The van der Waals surface area contributed by atoms with Gasteiger partial charge < -0.3 is 9.64 Å². The number of amides is 1. The molecule has 0 aliphatic rings. The van der Waals surface area contributed by atoms with Crippen molar-refractivity contribution in [3.05, 3.63) is 84.3 Å². The molecule has 1 heterocycles. The number of hydrogen-bond acceptors (Lipinski definition) is 3. The molecule has 3 rings (SSSR count). The van der Waals surface area contributed by atoms with Gasteiger partial charge in [0.05, 0.1) is 19.2 Å². The lowest BCUT2D eigenvalue weighted by atomic mass is 10.1. The summed E-state index contributed by atoms with van der Waals surface area (Å²) < 4.78 is 5.17. The van der Waals surface area contributed by atoms with E-state index in [2.05, 4.69) is 24.8 Å². The SMILES string of the molecule is C=CCN(C(=O)Cc1ccc(OC)cc1)c1csc(-c2ccccc2)c1. The third-order valence-electron chi connectivity index (χ3n) is 4.08. The van der Waals surface area contributed by atoms with Gasteiger partial charge in [0, 0.05) is 16.8 Å². The Bertz CT molecular complexity index is 869. The van der Waals surface area contributed by atoms with Crippen LogP contribution in [0.1, 0.15) is 5.56 Å². The zero-order chi connectivity index (χ0) is 18.4. The summed E-state index contributed by atoms with van der Waals surface area (Å²) in [5, 5.41) is 2.03. The topological polar surface area (TPSA) is 29.5 Å². The highest BCUT2D eigenvalue weighted by Gasteiger charge is 2.17. The Morgan fingerprint density at radius 2 is 1.88 bits per heavy atom. The second-order valence-electron chi connectivity index (χ2n) is 5.85. The van der Waals surface area contributed by atoms with Crippen molar-refractivity contribution in [2.75, 3.05) is 18.6 Å². The molecule has 3 aromatic rings. The molecule has 0 fully saturated rings. The smallest absolute Gasteiger partial charge is 0.231 e. The standard InChI is InChI=1S/C22H21NO2S/c1-3-13-23(22(24)14-17-9-11-20(25-2)12-10-17)19-15-21(26-16-19)18-7-5-4-6-8-18/h3-12,15-16H,1,13-14H2,2H3. The van der Waals surface area contributed by atoms with Crippen LogP contribution in [0.4, 0.5) is 5.69 Å². The van der Waals surface area contributed by atoms with Gasteiger partial charge in [-0.2, -0.15) is 0 Å². The van der Waals surface area contributed by atoms with Gasteiger partial charge in [-0.3, -0.25) is 4.79 Å². The number of ether oxygens (including phenoxy) is 1. The fourth-order valence-electron chi connectivity index (χ4n) is 2.72. The number of hydrogen-bond donors (Lipinski definition) is 0. The monoisotopic (exact) mass is 363 g/mol. The molecule has 4 heteroatoms. The van der Waals surface area contributed by atoms with Crippen LogP contribution in [0.15, 0.2) is 78.7 Å². The maximum atomic E-state index is 12.9. The molecule has 3 nitrogen and oxygen atoms in total. The molecule has 0 unspecified atom stereocenters. The molecule has 0 N–H and O–H groups in total. The summed E-state index contributed by atoms with van der Waals surface area (Å²) in [7, 11) is 1.63. The van der Waals surface area contributed by atoms with E-state index in [4.69, 9.17) is 4.74 Å². The molecule has 0 bridgehead atoms. The maximum Gasteiger partial charge on any atom is 0.231 e. The van der Waals surface area contributed by atoms with Crippen LogP contribution in [-0.4, -0.2) is 19.6 Å². The molecule has 0 saturated heterocycles. The van der Waals surface area contributed by atoms with Gasteiger partial charge >= 0.3 is 0 Å².